The highest BCUT2D eigenvalue weighted by Gasteiger charge is 2.23. The molecule has 1 fully saturated rings. The molecule has 3 rings (SSSR count). The molecule has 12 heteroatoms. The highest BCUT2D eigenvalue weighted by molar-refractivity contribution is 7.92. The van der Waals surface area contributed by atoms with E-state index in [4.69, 9.17) is 4.74 Å². The van der Waals surface area contributed by atoms with Gasteiger partial charge in [-0.15, -0.1) is 0 Å². The van der Waals surface area contributed by atoms with Gasteiger partial charge in [0.15, 0.2) is 6.61 Å². The first-order chi connectivity index (χ1) is 15.2. The fourth-order valence-electron chi connectivity index (χ4n) is 3.15. The Morgan fingerprint density at radius 2 is 1.75 bits per heavy atom. The standard InChI is InChI=1S/C20H21N3O8S/c24-18-9-8-16(32(29,30)21-14-4-6-15(7-5-14)23(27)28)12-17(18)20(26)31-13-19(25)22-10-2-1-3-11-22/h4-9,12,21,24H,1-3,10-11,13H2. The predicted molar refractivity (Wildman–Crippen MR) is 113 cm³/mol. The van der Waals surface area contributed by atoms with Crippen molar-refractivity contribution in [2.45, 2.75) is 24.2 Å². The molecule has 0 radical (unpaired) electrons. The molecule has 1 aliphatic heterocycles. The van der Waals surface area contributed by atoms with E-state index in [1.807, 2.05) is 0 Å². The van der Waals surface area contributed by atoms with E-state index < -0.39 is 38.8 Å². The van der Waals surface area contributed by atoms with Crippen molar-refractivity contribution in [1.29, 1.82) is 0 Å². The van der Waals surface area contributed by atoms with Crippen LogP contribution in [0.3, 0.4) is 0 Å². The number of nitrogens with one attached hydrogen (secondary N) is 1. The number of nitro benzene ring substituents is 1. The minimum absolute atomic E-state index is 0.0694. The van der Waals surface area contributed by atoms with E-state index >= 15 is 0 Å². The number of non-ortho nitro benzene ring substituents is 1. The summed E-state index contributed by atoms with van der Waals surface area (Å²) in [6.45, 7) is 0.656. The molecule has 2 N–H and O–H groups in total. The largest absolute Gasteiger partial charge is 0.507 e. The molecule has 32 heavy (non-hydrogen) atoms. The van der Waals surface area contributed by atoms with Crippen LogP contribution in [0.5, 0.6) is 5.75 Å². The van der Waals surface area contributed by atoms with Crippen LogP contribution in [0.2, 0.25) is 0 Å². The molecule has 0 bridgehead atoms. The quantitative estimate of drug-likeness (QED) is 0.360. The van der Waals surface area contributed by atoms with Crippen LogP contribution < -0.4 is 4.72 Å². The molecule has 2 aromatic carbocycles. The van der Waals surface area contributed by atoms with Crippen LogP contribution in [-0.2, 0) is 19.6 Å². The third kappa shape index (κ3) is 5.52. The van der Waals surface area contributed by atoms with Crippen molar-refractivity contribution in [2.24, 2.45) is 0 Å². The number of aromatic hydroxyl groups is 1. The van der Waals surface area contributed by atoms with Crippen LogP contribution in [0.4, 0.5) is 11.4 Å². The lowest BCUT2D eigenvalue weighted by Gasteiger charge is -2.26. The highest BCUT2D eigenvalue weighted by atomic mass is 32.2. The lowest BCUT2D eigenvalue weighted by Crippen LogP contribution is -2.38. The van der Waals surface area contributed by atoms with Gasteiger partial charge in [0.05, 0.1) is 9.82 Å². The molecule has 0 atom stereocenters. The van der Waals surface area contributed by atoms with Crippen LogP contribution in [0.25, 0.3) is 0 Å². The summed E-state index contributed by atoms with van der Waals surface area (Å²) in [6.07, 6.45) is 2.79. The van der Waals surface area contributed by atoms with Gasteiger partial charge in [0.1, 0.15) is 11.3 Å². The number of hydrogen-bond acceptors (Lipinski definition) is 8. The van der Waals surface area contributed by atoms with Crippen molar-refractivity contribution < 1.29 is 32.8 Å². The van der Waals surface area contributed by atoms with Crippen LogP contribution in [0.1, 0.15) is 29.6 Å². The summed E-state index contributed by atoms with van der Waals surface area (Å²) in [5.74, 6) is -1.91. The first-order valence-electron chi connectivity index (χ1n) is 9.72. The number of piperidine rings is 1. The van der Waals surface area contributed by atoms with Crippen LogP contribution >= 0.6 is 0 Å². The molecule has 0 aliphatic carbocycles. The molecule has 1 aliphatic rings. The van der Waals surface area contributed by atoms with E-state index in [0.29, 0.717) is 13.1 Å². The first kappa shape index (κ1) is 23.0. The summed E-state index contributed by atoms with van der Waals surface area (Å²) in [5.41, 5.74) is -0.551. The molecule has 0 unspecified atom stereocenters. The Morgan fingerprint density at radius 1 is 1.09 bits per heavy atom. The third-order valence-corrected chi connectivity index (χ3v) is 6.24. The number of nitro groups is 1. The van der Waals surface area contributed by atoms with E-state index in [1.54, 1.807) is 4.90 Å². The fraction of sp³-hybridized carbons (Fsp3) is 0.300. The Kier molecular flexibility index (Phi) is 6.93. The van der Waals surface area contributed by atoms with Gasteiger partial charge in [-0.3, -0.25) is 19.6 Å². The number of likely N-dealkylation sites (tertiary alicyclic amines) is 1. The second kappa shape index (κ2) is 9.64. The van der Waals surface area contributed by atoms with Gasteiger partial charge < -0.3 is 14.7 Å². The zero-order valence-corrected chi connectivity index (χ0v) is 17.7. The Morgan fingerprint density at radius 3 is 2.38 bits per heavy atom. The number of phenolic OH excluding ortho intramolecular Hbond substituents is 1. The summed E-state index contributed by atoms with van der Waals surface area (Å²) in [6, 6.07) is 7.74. The number of esters is 1. The number of hydrogen-bond donors (Lipinski definition) is 2. The van der Waals surface area contributed by atoms with E-state index in [1.165, 1.54) is 12.1 Å². The highest BCUT2D eigenvalue weighted by Crippen LogP contribution is 2.25. The number of nitrogens with zero attached hydrogens (tertiary/aromatic N) is 2. The molecular weight excluding hydrogens is 442 g/mol. The predicted octanol–water partition coefficient (Wildman–Crippen LogP) is 2.27. The number of sulfonamides is 1. The number of phenols is 1. The molecular formula is C20H21N3O8S. The van der Waals surface area contributed by atoms with Gasteiger partial charge in [0, 0.05) is 30.9 Å². The van der Waals surface area contributed by atoms with Gasteiger partial charge in [0.2, 0.25) is 0 Å². The fourth-order valence-corrected chi connectivity index (χ4v) is 4.24. The van der Waals surface area contributed by atoms with E-state index in [-0.39, 0.29) is 22.2 Å². The maximum atomic E-state index is 12.6. The third-order valence-electron chi connectivity index (χ3n) is 4.86. The average molecular weight is 463 g/mol. The van der Waals surface area contributed by atoms with Gasteiger partial charge in [-0.1, -0.05) is 0 Å². The Bertz CT molecular complexity index is 1130. The monoisotopic (exact) mass is 463 g/mol. The van der Waals surface area contributed by atoms with Crippen molar-refractivity contribution in [2.75, 3.05) is 24.4 Å². The zero-order valence-electron chi connectivity index (χ0n) is 16.9. The van der Waals surface area contributed by atoms with E-state index in [2.05, 4.69) is 4.72 Å². The van der Waals surface area contributed by atoms with Crippen molar-refractivity contribution in [3.8, 4) is 5.75 Å². The summed E-state index contributed by atoms with van der Waals surface area (Å²) >= 11 is 0. The van der Waals surface area contributed by atoms with Crippen LogP contribution in [-0.4, -0.2) is 54.9 Å². The first-order valence-corrected chi connectivity index (χ1v) is 11.2. The Labute approximate surface area is 183 Å². The van der Waals surface area contributed by atoms with Crippen LogP contribution in [0.15, 0.2) is 47.4 Å². The molecule has 1 heterocycles. The number of carbonyl (C=O) groups is 2. The number of benzene rings is 2. The molecule has 11 nitrogen and oxygen atoms in total. The van der Waals surface area contributed by atoms with Crippen molar-refractivity contribution in [1.82, 2.24) is 4.90 Å². The lowest BCUT2D eigenvalue weighted by atomic mass is 10.1. The van der Waals surface area contributed by atoms with E-state index in [0.717, 1.165) is 49.6 Å². The Balaban J connectivity index is 1.71. The second-order valence-corrected chi connectivity index (χ2v) is 8.79. The maximum absolute atomic E-state index is 12.6. The molecule has 0 spiro atoms. The molecule has 1 saturated heterocycles. The number of ether oxygens (including phenoxy) is 1. The van der Waals surface area contributed by atoms with Gasteiger partial charge in [-0.05, 0) is 49.6 Å². The molecule has 0 aromatic heterocycles. The minimum Gasteiger partial charge on any atom is -0.507 e. The zero-order chi connectivity index (χ0) is 23.3. The van der Waals surface area contributed by atoms with Gasteiger partial charge in [-0.2, -0.15) is 0 Å². The van der Waals surface area contributed by atoms with Gasteiger partial charge in [0.25, 0.3) is 21.6 Å². The summed E-state index contributed by atoms with van der Waals surface area (Å²) < 4.78 is 32.5. The number of rotatable bonds is 7. The Hall–Kier alpha value is -3.67. The summed E-state index contributed by atoms with van der Waals surface area (Å²) in [5, 5.41) is 20.7. The molecule has 2 aromatic rings. The smallest absolute Gasteiger partial charge is 0.342 e. The molecule has 0 saturated carbocycles. The summed E-state index contributed by atoms with van der Waals surface area (Å²) in [7, 11) is -4.18. The normalized spacial score (nSPS) is 13.9. The lowest BCUT2D eigenvalue weighted by molar-refractivity contribution is -0.384. The van der Waals surface area contributed by atoms with Crippen molar-refractivity contribution >= 4 is 33.3 Å². The molecule has 1 amide bonds. The van der Waals surface area contributed by atoms with Crippen LogP contribution in [0, 0.1) is 10.1 Å². The topological polar surface area (TPSA) is 156 Å². The number of anilines is 1. The second-order valence-electron chi connectivity index (χ2n) is 7.11. The van der Waals surface area contributed by atoms with Gasteiger partial charge in [-0.25, -0.2) is 13.2 Å². The SMILES string of the molecule is O=C(OCC(=O)N1CCCCC1)c1cc(S(=O)(=O)Nc2ccc([N+](=O)[O-])cc2)ccc1O. The van der Waals surface area contributed by atoms with E-state index in [9.17, 15) is 33.2 Å². The minimum atomic E-state index is -4.18. The van der Waals surface area contributed by atoms with Crippen molar-refractivity contribution in [3.63, 3.8) is 0 Å². The average Bonchev–Trinajstić information content (AvgIpc) is 2.78. The maximum Gasteiger partial charge on any atom is 0.342 e. The molecule has 170 valence electrons. The summed E-state index contributed by atoms with van der Waals surface area (Å²) in [4.78, 5) is 35.9. The van der Waals surface area contributed by atoms with Crippen molar-refractivity contribution in [3.05, 3.63) is 58.1 Å². The van der Waals surface area contributed by atoms with Gasteiger partial charge >= 0.3 is 5.97 Å². The number of amides is 1. The number of carbonyl (C=O) groups excluding carboxylic acids is 2.